The molecule has 9 heteroatoms. The highest BCUT2D eigenvalue weighted by Crippen LogP contribution is 2.24. The molecule has 0 aliphatic heterocycles. The molecule has 3 aromatic heterocycles. The Balaban J connectivity index is 1.83. The van der Waals surface area contributed by atoms with Gasteiger partial charge < -0.3 is 9.72 Å². The van der Waals surface area contributed by atoms with Gasteiger partial charge >= 0.3 is 5.97 Å². The summed E-state index contributed by atoms with van der Waals surface area (Å²) in [5.41, 5.74) is 1.82. The maximum absolute atomic E-state index is 12.7. The molecule has 0 saturated carbocycles. The van der Waals surface area contributed by atoms with E-state index in [1.54, 1.807) is 33.9 Å². The molecule has 1 N–H and O–H groups in total. The van der Waals surface area contributed by atoms with Gasteiger partial charge in [0.25, 0.3) is 5.56 Å². The number of hydrogen-bond donors (Lipinski definition) is 1. The first-order valence-corrected chi connectivity index (χ1v) is 10.2. The minimum Gasteiger partial charge on any atom is -0.462 e. The lowest BCUT2D eigenvalue weighted by atomic mass is 10.1. The van der Waals surface area contributed by atoms with Crippen LogP contribution in [0.2, 0.25) is 0 Å². The van der Waals surface area contributed by atoms with Crippen LogP contribution < -0.4 is 5.56 Å². The molecule has 0 unspecified atom stereocenters. The number of carbonyl (C=O) groups excluding carboxylic acids is 2. The quantitative estimate of drug-likeness (QED) is 0.293. The molecule has 3 heterocycles. The molecule has 27 heavy (non-hydrogen) atoms. The average Bonchev–Trinajstić information content (AvgIpc) is 3.21. The highest BCUT2D eigenvalue weighted by molar-refractivity contribution is 7.99. The second-order valence-corrected chi connectivity index (χ2v) is 7.79. The summed E-state index contributed by atoms with van der Waals surface area (Å²) in [6, 6.07) is 1.75. The van der Waals surface area contributed by atoms with Crippen LogP contribution in [0.15, 0.2) is 21.4 Å². The number of nitrogens with one attached hydrogen (secondary N) is 1. The summed E-state index contributed by atoms with van der Waals surface area (Å²) >= 11 is 2.59. The molecule has 0 aliphatic carbocycles. The number of H-pyrrole nitrogens is 1. The average molecular weight is 406 g/mol. The number of rotatable bonds is 6. The Labute approximate surface area is 163 Å². The Morgan fingerprint density at radius 2 is 2.11 bits per heavy atom. The summed E-state index contributed by atoms with van der Waals surface area (Å²) in [4.78, 5) is 45.2. The number of fused-ring (bicyclic) bond motifs is 1. The van der Waals surface area contributed by atoms with Crippen LogP contribution in [-0.4, -0.2) is 38.6 Å². The molecule has 142 valence electrons. The summed E-state index contributed by atoms with van der Waals surface area (Å²) in [7, 11) is 1.64. The maximum Gasteiger partial charge on any atom is 0.340 e. The zero-order valence-corrected chi connectivity index (χ0v) is 17.0. The van der Waals surface area contributed by atoms with Crippen molar-refractivity contribution in [3.8, 4) is 0 Å². The van der Waals surface area contributed by atoms with Crippen molar-refractivity contribution in [3.63, 3.8) is 0 Å². The summed E-state index contributed by atoms with van der Waals surface area (Å²) < 4.78 is 6.50. The third kappa shape index (κ3) is 3.57. The van der Waals surface area contributed by atoms with Gasteiger partial charge in [-0.2, -0.15) is 0 Å². The van der Waals surface area contributed by atoms with E-state index >= 15 is 0 Å². The second-order valence-electron chi connectivity index (χ2n) is 5.96. The van der Waals surface area contributed by atoms with Gasteiger partial charge in [0, 0.05) is 12.7 Å². The largest absolute Gasteiger partial charge is 0.462 e. The number of aryl methyl sites for hydroxylation is 1. The molecule has 0 saturated heterocycles. The van der Waals surface area contributed by atoms with Gasteiger partial charge in [0.1, 0.15) is 4.83 Å². The Morgan fingerprint density at radius 1 is 1.37 bits per heavy atom. The van der Waals surface area contributed by atoms with E-state index in [0.29, 0.717) is 37.9 Å². The highest BCUT2D eigenvalue weighted by Gasteiger charge is 2.23. The lowest BCUT2D eigenvalue weighted by molar-refractivity contribution is 0.0525. The van der Waals surface area contributed by atoms with Gasteiger partial charge in [0.05, 0.1) is 29.0 Å². The zero-order valence-electron chi connectivity index (χ0n) is 15.4. The fourth-order valence-electron chi connectivity index (χ4n) is 2.85. The Bertz CT molecular complexity index is 1090. The molecule has 7 nitrogen and oxygen atoms in total. The molecule has 0 fully saturated rings. The van der Waals surface area contributed by atoms with Crippen molar-refractivity contribution >= 4 is 45.1 Å². The minimum absolute atomic E-state index is 0.0974. The summed E-state index contributed by atoms with van der Waals surface area (Å²) in [6.45, 7) is 5.46. The van der Waals surface area contributed by atoms with Crippen LogP contribution in [0.4, 0.5) is 0 Å². The SMILES string of the molecule is CCOC(=O)c1c(C)[nH]c(C(=O)CSc2nc3sccc3c(=O)n2C)c1C. The fourth-order valence-corrected chi connectivity index (χ4v) is 4.50. The number of nitrogens with zero attached hydrogens (tertiary/aromatic N) is 2. The van der Waals surface area contributed by atoms with Gasteiger partial charge in [0.2, 0.25) is 0 Å². The normalized spacial score (nSPS) is 11.1. The molecule has 3 rings (SSSR count). The topological polar surface area (TPSA) is 94.1 Å². The van der Waals surface area contributed by atoms with E-state index < -0.39 is 5.97 Å². The Kier molecular flexibility index (Phi) is 5.52. The summed E-state index contributed by atoms with van der Waals surface area (Å²) in [5, 5.41) is 2.88. The standard InChI is InChI=1S/C18H19N3O4S2/c1-5-25-17(24)13-9(2)14(19-10(13)3)12(22)8-27-18-20-15-11(6-7-26-15)16(23)21(18)4/h6-7,19H,5,8H2,1-4H3. The first-order valence-electron chi connectivity index (χ1n) is 8.31. The van der Waals surface area contributed by atoms with Gasteiger partial charge in [-0.3, -0.25) is 14.2 Å². The predicted octanol–water partition coefficient (Wildman–Crippen LogP) is 3.09. The van der Waals surface area contributed by atoms with Gasteiger partial charge in [-0.25, -0.2) is 9.78 Å². The fraction of sp³-hybridized carbons (Fsp3) is 0.333. The lowest BCUT2D eigenvalue weighted by Gasteiger charge is -2.06. The number of ether oxygens (including phenoxy) is 1. The van der Waals surface area contributed by atoms with E-state index in [2.05, 4.69) is 9.97 Å². The Morgan fingerprint density at radius 3 is 2.81 bits per heavy atom. The molecule has 0 radical (unpaired) electrons. The zero-order chi connectivity index (χ0) is 19.7. The lowest BCUT2D eigenvalue weighted by Crippen LogP contribution is -2.19. The van der Waals surface area contributed by atoms with Crippen molar-refractivity contribution in [2.45, 2.75) is 25.9 Å². The van der Waals surface area contributed by atoms with E-state index in [0.717, 1.165) is 0 Å². The molecule has 0 spiro atoms. The number of Topliss-reactive ketones (excluding diaryl/α,β-unsaturated/α-hetero) is 1. The van der Waals surface area contributed by atoms with E-state index in [1.165, 1.54) is 27.7 Å². The summed E-state index contributed by atoms with van der Waals surface area (Å²) in [5.74, 6) is -0.514. The van der Waals surface area contributed by atoms with Crippen molar-refractivity contribution in [1.29, 1.82) is 0 Å². The van der Waals surface area contributed by atoms with Gasteiger partial charge in [-0.15, -0.1) is 11.3 Å². The van der Waals surface area contributed by atoms with E-state index in [-0.39, 0.29) is 23.7 Å². The molecule has 0 amide bonds. The first-order chi connectivity index (χ1) is 12.8. The monoisotopic (exact) mass is 405 g/mol. The van der Waals surface area contributed by atoms with Gasteiger partial charge in [-0.1, -0.05) is 11.8 Å². The van der Waals surface area contributed by atoms with Crippen LogP contribution in [0.5, 0.6) is 0 Å². The van der Waals surface area contributed by atoms with Crippen LogP contribution in [0.25, 0.3) is 10.2 Å². The number of esters is 1. The molecule has 0 atom stereocenters. The third-order valence-electron chi connectivity index (χ3n) is 4.19. The van der Waals surface area contributed by atoms with E-state index in [1.807, 2.05) is 5.38 Å². The second kappa shape index (κ2) is 7.69. The molecular formula is C18H19N3O4S2. The first kappa shape index (κ1) is 19.4. The van der Waals surface area contributed by atoms with Crippen molar-refractivity contribution < 1.29 is 14.3 Å². The van der Waals surface area contributed by atoms with E-state index in [9.17, 15) is 14.4 Å². The summed E-state index contributed by atoms with van der Waals surface area (Å²) in [6.07, 6.45) is 0. The van der Waals surface area contributed by atoms with Crippen LogP contribution in [-0.2, 0) is 11.8 Å². The molecule has 0 aromatic carbocycles. The Hall–Kier alpha value is -2.39. The number of thioether (sulfide) groups is 1. The number of carbonyl (C=O) groups is 2. The molecular weight excluding hydrogens is 386 g/mol. The number of hydrogen-bond acceptors (Lipinski definition) is 7. The van der Waals surface area contributed by atoms with Crippen LogP contribution in [0.3, 0.4) is 0 Å². The molecule has 0 bridgehead atoms. The van der Waals surface area contributed by atoms with Crippen LogP contribution in [0, 0.1) is 13.8 Å². The van der Waals surface area contributed by atoms with Crippen molar-refractivity contribution in [2.24, 2.45) is 7.05 Å². The van der Waals surface area contributed by atoms with Crippen LogP contribution in [0.1, 0.15) is 39.0 Å². The maximum atomic E-state index is 12.7. The number of aromatic amines is 1. The smallest absolute Gasteiger partial charge is 0.340 e. The molecule has 0 aliphatic rings. The van der Waals surface area contributed by atoms with Crippen molar-refractivity contribution in [1.82, 2.24) is 14.5 Å². The molecule has 3 aromatic rings. The van der Waals surface area contributed by atoms with Crippen molar-refractivity contribution in [3.05, 3.63) is 44.3 Å². The van der Waals surface area contributed by atoms with Gasteiger partial charge in [0.15, 0.2) is 10.9 Å². The number of thiophene rings is 1. The predicted molar refractivity (Wildman–Crippen MR) is 106 cm³/mol. The van der Waals surface area contributed by atoms with Gasteiger partial charge in [-0.05, 0) is 37.8 Å². The minimum atomic E-state index is -0.442. The van der Waals surface area contributed by atoms with E-state index in [4.69, 9.17) is 4.74 Å². The third-order valence-corrected chi connectivity index (χ3v) is 6.03. The van der Waals surface area contributed by atoms with Crippen LogP contribution >= 0.6 is 23.1 Å². The van der Waals surface area contributed by atoms with Crippen molar-refractivity contribution in [2.75, 3.05) is 12.4 Å². The highest BCUT2D eigenvalue weighted by atomic mass is 32.2. The number of aromatic nitrogens is 3. The number of ketones is 1.